The van der Waals surface area contributed by atoms with Gasteiger partial charge in [-0.05, 0) is 46.0 Å². The first kappa shape index (κ1) is 15.7. The maximum Gasteiger partial charge on any atom is 0.105 e. The van der Waals surface area contributed by atoms with Crippen LogP contribution in [0.2, 0.25) is 0 Å². The Morgan fingerprint density at radius 3 is 3.00 bits per heavy atom. The maximum absolute atomic E-state index is 4.81. The summed E-state index contributed by atoms with van der Waals surface area (Å²) in [6.45, 7) is 6.38. The molecule has 0 radical (unpaired) electrons. The lowest BCUT2D eigenvalue weighted by Crippen LogP contribution is -2.29. The molecule has 2 heterocycles. The number of aromatic nitrogens is 3. The van der Waals surface area contributed by atoms with Crippen molar-refractivity contribution in [3.8, 4) is 0 Å². The van der Waals surface area contributed by atoms with Crippen LogP contribution in [0.15, 0.2) is 12.4 Å². The molecule has 0 saturated carbocycles. The minimum absolute atomic E-state index is 0.524. The third-order valence-corrected chi connectivity index (χ3v) is 5.67. The highest BCUT2D eigenvalue weighted by Crippen LogP contribution is 2.26. The second kappa shape index (κ2) is 7.38. The van der Waals surface area contributed by atoms with E-state index in [0.717, 1.165) is 31.8 Å². The fourth-order valence-corrected chi connectivity index (χ4v) is 4.17. The van der Waals surface area contributed by atoms with Gasteiger partial charge in [-0.25, -0.2) is 9.97 Å². The molecule has 1 atom stereocenters. The van der Waals surface area contributed by atoms with Crippen molar-refractivity contribution in [1.29, 1.82) is 0 Å². The number of hydrogen-bond donors (Lipinski definition) is 1. The summed E-state index contributed by atoms with van der Waals surface area (Å²) in [5.41, 5.74) is 1.38. The molecule has 1 N–H and O–H groups in total. The Morgan fingerprint density at radius 2 is 2.23 bits per heavy atom. The van der Waals surface area contributed by atoms with Gasteiger partial charge >= 0.3 is 0 Å². The Labute approximate surface area is 137 Å². The van der Waals surface area contributed by atoms with Crippen LogP contribution in [0.1, 0.15) is 47.6 Å². The second-order valence-electron chi connectivity index (χ2n) is 6.25. The van der Waals surface area contributed by atoms with Crippen molar-refractivity contribution in [2.75, 3.05) is 6.54 Å². The zero-order valence-corrected chi connectivity index (χ0v) is 14.5. The Morgan fingerprint density at radius 1 is 1.36 bits per heavy atom. The van der Waals surface area contributed by atoms with Crippen LogP contribution in [-0.4, -0.2) is 27.1 Å². The molecule has 2 aromatic rings. The lowest BCUT2D eigenvalue weighted by Gasteiger charge is -2.14. The molecule has 0 bridgehead atoms. The summed E-state index contributed by atoms with van der Waals surface area (Å²) in [4.78, 5) is 10.6. The van der Waals surface area contributed by atoms with Gasteiger partial charge in [0.1, 0.15) is 5.82 Å². The molecule has 3 rings (SSSR count). The number of thiazole rings is 1. The van der Waals surface area contributed by atoms with E-state index in [-0.39, 0.29) is 0 Å². The fraction of sp³-hybridized carbons (Fsp3) is 0.647. The predicted octanol–water partition coefficient (Wildman–Crippen LogP) is 3.14. The summed E-state index contributed by atoms with van der Waals surface area (Å²) in [5.74, 6) is 1.10. The zero-order valence-electron chi connectivity index (χ0n) is 13.6. The average Bonchev–Trinajstić information content (AvgIpc) is 3.10. The topological polar surface area (TPSA) is 42.7 Å². The van der Waals surface area contributed by atoms with Crippen molar-refractivity contribution >= 4 is 11.3 Å². The van der Waals surface area contributed by atoms with Crippen molar-refractivity contribution in [1.82, 2.24) is 19.9 Å². The minimum atomic E-state index is 0.524. The van der Waals surface area contributed by atoms with E-state index in [0.29, 0.717) is 6.04 Å². The van der Waals surface area contributed by atoms with Crippen LogP contribution < -0.4 is 5.32 Å². The van der Waals surface area contributed by atoms with Gasteiger partial charge in [-0.2, -0.15) is 0 Å². The molecule has 22 heavy (non-hydrogen) atoms. The van der Waals surface area contributed by atoms with Crippen LogP contribution in [0.5, 0.6) is 0 Å². The van der Waals surface area contributed by atoms with Crippen molar-refractivity contribution in [3.05, 3.63) is 33.8 Å². The molecular formula is C17H26N4S. The highest BCUT2D eigenvalue weighted by atomic mass is 32.1. The van der Waals surface area contributed by atoms with E-state index in [1.165, 1.54) is 36.4 Å². The Balaban J connectivity index is 1.39. The average molecular weight is 318 g/mol. The zero-order chi connectivity index (χ0) is 15.4. The molecule has 1 aliphatic rings. The van der Waals surface area contributed by atoms with E-state index >= 15 is 0 Å². The maximum atomic E-state index is 4.81. The van der Waals surface area contributed by atoms with Crippen LogP contribution in [0.25, 0.3) is 0 Å². The predicted molar refractivity (Wildman–Crippen MR) is 91.5 cm³/mol. The van der Waals surface area contributed by atoms with Gasteiger partial charge in [0.25, 0.3) is 0 Å². The molecule has 0 amide bonds. The first-order valence-electron chi connectivity index (χ1n) is 8.41. The molecule has 5 heteroatoms. The Kier molecular flexibility index (Phi) is 5.26. The van der Waals surface area contributed by atoms with Gasteiger partial charge in [0, 0.05) is 42.8 Å². The second-order valence-corrected chi connectivity index (χ2v) is 7.41. The molecule has 1 unspecified atom stereocenters. The van der Waals surface area contributed by atoms with Gasteiger partial charge in [-0.3, -0.25) is 0 Å². The smallest absolute Gasteiger partial charge is 0.105 e. The van der Waals surface area contributed by atoms with Gasteiger partial charge in [0.05, 0.1) is 10.7 Å². The number of aryl methyl sites for hydroxylation is 4. The summed E-state index contributed by atoms with van der Waals surface area (Å²) < 4.78 is 2.22. The molecule has 2 aromatic heterocycles. The number of imidazole rings is 1. The molecule has 0 aromatic carbocycles. The van der Waals surface area contributed by atoms with E-state index in [4.69, 9.17) is 4.98 Å². The molecule has 0 aliphatic heterocycles. The molecule has 1 aliphatic carbocycles. The van der Waals surface area contributed by atoms with Crippen LogP contribution in [0, 0.1) is 6.92 Å². The molecular weight excluding hydrogens is 292 g/mol. The Bertz CT molecular complexity index is 578. The van der Waals surface area contributed by atoms with Crippen LogP contribution in [0.4, 0.5) is 0 Å². The summed E-state index contributed by atoms with van der Waals surface area (Å²) in [5, 5.41) is 4.94. The number of nitrogens with one attached hydrogen (secondary N) is 1. The molecule has 0 saturated heterocycles. The highest BCUT2D eigenvalue weighted by Gasteiger charge is 2.14. The number of hydrogen-bond acceptors (Lipinski definition) is 4. The summed E-state index contributed by atoms with van der Waals surface area (Å²) in [6.07, 6.45) is 11.2. The third-order valence-electron chi connectivity index (χ3n) is 4.45. The standard InChI is InChI=1S/C17H26N4S/c1-13(8-11-21-12-10-19-14(21)2)18-9-7-17-20-15-5-3-4-6-16(15)22-17/h10,12-13,18H,3-9,11H2,1-2H3. The van der Waals surface area contributed by atoms with E-state index in [1.54, 1.807) is 4.88 Å². The fourth-order valence-electron chi connectivity index (χ4n) is 3.01. The minimum Gasteiger partial charge on any atom is -0.335 e. The Hall–Kier alpha value is -1.20. The molecule has 120 valence electrons. The van der Waals surface area contributed by atoms with Crippen LogP contribution in [-0.2, 0) is 25.8 Å². The van der Waals surface area contributed by atoms with Gasteiger partial charge in [-0.15, -0.1) is 11.3 Å². The first-order valence-corrected chi connectivity index (χ1v) is 9.22. The SMILES string of the molecule is Cc1nccn1CCC(C)NCCc1nc2c(s1)CCCC2. The van der Waals surface area contributed by atoms with Gasteiger partial charge < -0.3 is 9.88 Å². The lowest BCUT2D eigenvalue weighted by atomic mass is 10.0. The van der Waals surface area contributed by atoms with Crippen LogP contribution in [0.3, 0.4) is 0 Å². The van der Waals surface area contributed by atoms with Crippen LogP contribution >= 0.6 is 11.3 Å². The van der Waals surface area contributed by atoms with Gasteiger partial charge in [0.15, 0.2) is 0 Å². The van der Waals surface area contributed by atoms with E-state index in [2.05, 4.69) is 34.9 Å². The van der Waals surface area contributed by atoms with Gasteiger partial charge in [-0.1, -0.05) is 0 Å². The van der Waals surface area contributed by atoms with Crippen molar-refractivity contribution < 1.29 is 0 Å². The number of rotatable bonds is 7. The summed E-state index contributed by atoms with van der Waals surface area (Å²) in [7, 11) is 0. The van der Waals surface area contributed by atoms with Crippen molar-refractivity contribution in [3.63, 3.8) is 0 Å². The number of fused-ring (bicyclic) bond motifs is 1. The molecule has 4 nitrogen and oxygen atoms in total. The van der Waals surface area contributed by atoms with E-state index in [1.807, 2.05) is 17.5 Å². The first-order chi connectivity index (χ1) is 10.7. The monoisotopic (exact) mass is 318 g/mol. The summed E-state index contributed by atoms with van der Waals surface area (Å²) >= 11 is 1.94. The third kappa shape index (κ3) is 3.96. The largest absolute Gasteiger partial charge is 0.335 e. The normalized spacial score (nSPS) is 15.7. The quantitative estimate of drug-likeness (QED) is 0.853. The van der Waals surface area contributed by atoms with Gasteiger partial charge in [0.2, 0.25) is 0 Å². The van der Waals surface area contributed by atoms with E-state index < -0.39 is 0 Å². The number of nitrogens with zero attached hydrogens (tertiary/aromatic N) is 3. The summed E-state index contributed by atoms with van der Waals surface area (Å²) in [6, 6.07) is 0.524. The molecule has 0 spiro atoms. The highest BCUT2D eigenvalue weighted by molar-refractivity contribution is 7.11. The molecule has 0 fully saturated rings. The lowest BCUT2D eigenvalue weighted by molar-refractivity contribution is 0.475. The van der Waals surface area contributed by atoms with Crippen molar-refractivity contribution in [2.24, 2.45) is 0 Å². The van der Waals surface area contributed by atoms with Crippen molar-refractivity contribution in [2.45, 2.75) is 65.0 Å². The van der Waals surface area contributed by atoms with E-state index in [9.17, 15) is 0 Å².